The molecule has 0 aliphatic carbocycles. The normalized spacial score (nSPS) is 11.4. The van der Waals surface area contributed by atoms with Gasteiger partial charge in [-0.3, -0.25) is 0 Å². The average Bonchev–Trinajstić information content (AvgIpc) is 2.65. The largest absolute Gasteiger partial charge is 0.493 e. The van der Waals surface area contributed by atoms with Gasteiger partial charge in [0.05, 0.1) is 20.8 Å². The van der Waals surface area contributed by atoms with E-state index in [-0.39, 0.29) is 11.4 Å². The van der Waals surface area contributed by atoms with Gasteiger partial charge in [-0.1, -0.05) is 13.0 Å². The summed E-state index contributed by atoms with van der Waals surface area (Å²) in [7, 11) is -1.18. The monoisotopic (exact) mass is 413 g/mol. The van der Waals surface area contributed by atoms with Crippen molar-refractivity contribution in [1.29, 1.82) is 0 Å². The first-order chi connectivity index (χ1) is 12.9. The summed E-state index contributed by atoms with van der Waals surface area (Å²) >= 11 is 1.72. The Bertz CT molecular complexity index is 898. The zero-order chi connectivity index (χ0) is 19.9. The van der Waals surface area contributed by atoms with Crippen LogP contribution in [0.1, 0.15) is 6.92 Å². The van der Waals surface area contributed by atoms with Crippen molar-refractivity contribution in [2.75, 3.05) is 38.8 Å². The Hall–Kier alpha value is -1.97. The SMILES string of the molecule is CCSCCNCC(=O)OS(=O)(=O)c1ccc2cc(OC)c(OC)cc2c1. The van der Waals surface area contributed by atoms with Gasteiger partial charge in [0.25, 0.3) is 0 Å². The van der Waals surface area contributed by atoms with E-state index >= 15 is 0 Å². The lowest BCUT2D eigenvalue weighted by Gasteiger charge is -2.11. The van der Waals surface area contributed by atoms with E-state index in [2.05, 4.69) is 9.50 Å². The number of carbonyl (C=O) groups is 1. The maximum atomic E-state index is 12.4. The van der Waals surface area contributed by atoms with E-state index in [4.69, 9.17) is 9.47 Å². The van der Waals surface area contributed by atoms with Crippen molar-refractivity contribution in [1.82, 2.24) is 5.32 Å². The topological polar surface area (TPSA) is 90.9 Å². The molecule has 0 saturated heterocycles. The van der Waals surface area contributed by atoms with Gasteiger partial charge in [-0.15, -0.1) is 0 Å². The molecule has 0 bridgehead atoms. The molecule has 2 aromatic rings. The van der Waals surface area contributed by atoms with Crippen molar-refractivity contribution in [3.63, 3.8) is 0 Å². The number of ether oxygens (including phenoxy) is 2. The molecule has 2 rings (SSSR count). The fourth-order valence-corrected chi connectivity index (χ4v) is 3.87. The van der Waals surface area contributed by atoms with Gasteiger partial charge in [0, 0.05) is 12.3 Å². The van der Waals surface area contributed by atoms with E-state index in [9.17, 15) is 13.2 Å². The summed E-state index contributed by atoms with van der Waals surface area (Å²) < 4.78 is 39.9. The Morgan fingerprint density at radius 2 is 1.74 bits per heavy atom. The number of hydrogen-bond donors (Lipinski definition) is 1. The van der Waals surface area contributed by atoms with Crippen molar-refractivity contribution in [3.05, 3.63) is 30.3 Å². The van der Waals surface area contributed by atoms with Gasteiger partial charge in [0.2, 0.25) is 0 Å². The van der Waals surface area contributed by atoms with Crippen LogP contribution in [0.2, 0.25) is 0 Å². The first-order valence-corrected chi connectivity index (χ1v) is 10.9. The lowest BCUT2D eigenvalue weighted by atomic mass is 10.1. The highest BCUT2D eigenvalue weighted by atomic mass is 32.2. The summed E-state index contributed by atoms with van der Waals surface area (Å²) in [6, 6.07) is 7.86. The quantitative estimate of drug-likeness (QED) is 0.469. The third-order valence-corrected chi connectivity index (χ3v) is 5.84. The second-order valence-electron chi connectivity index (χ2n) is 5.50. The molecular formula is C18H23NO6S2. The Morgan fingerprint density at radius 1 is 1.07 bits per heavy atom. The zero-order valence-electron chi connectivity index (χ0n) is 15.5. The van der Waals surface area contributed by atoms with E-state index < -0.39 is 16.1 Å². The maximum Gasteiger partial charge on any atom is 0.341 e. The van der Waals surface area contributed by atoms with E-state index in [0.29, 0.717) is 23.4 Å². The van der Waals surface area contributed by atoms with Crippen LogP contribution in [-0.4, -0.2) is 53.2 Å². The number of carbonyl (C=O) groups excluding carboxylic acids is 1. The molecule has 148 valence electrons. The van der Waals surface area contributed by atoms with Gasteiger partial charge < -0.3 is 19.0 Å². The molecule has 0 aliphatic rings. The Kier molecular flexibility index (Phi) is 7.76. The maximum absolute atomic E-state index is 12.4. The highest BCUT2D eigenvalue weighted by Crippen LogP contribution is 2.33. The molecule has 9 heteroatoms. The van der Waals surface area contributed by atoms with Gasteiger partial charge in [-0.25, -0.2) is 4.79 Å². The molecule has 0 radical (unpaired) electrons. The Balaban J connectivity index is 2.13. The van der Waals surface area contributed by atoms with E-state index in [0.717, 1.165) is 16.9 Å². The Labute approximate surface area is 163 Å². The van der Waals surface area contributed by atoms with Crippen molar-refractivity contribution in [2.24, 2.45) is 0 Å². The van der Waals surface area contributed by atoms with E-state index in [1.807, 2.05) is 6.92 Å². The van der Waals surface area contributed by atoms with Crippen molar-refractivity contribution < 1.29 is 26.9 Å². The average molecular weight is 414 g/mol. The third kappa shape index (κ3) is 5.75. The van der Waals surface area contributed by atoms with Crippen LogP contribution in [0, 0.1) is 0 Å². The minimum atomic E-state index is -4.20. The van der Waals surface area contributed by atoms with Crippen LogP contribution in [0.5, 0.6) is 11.5 Å². The second-order valence-corrected chi connectivity index (χ2v) is 8.44. The fourth-order valence-electron chi connectivity index (χ4n) is 2.39. The number of hydrogen-bond acceptors (Lipinski definition) is 8. The molecule has 27 heavy (non-hydrogen) atoms. The molecule has 0 unspecified atom stereocenters. The first-order valence-electron chi connectivity index (χ1n) is 8.32. The predicted molar refractivity (Wildman–Crippen MR) is 106 cm³/mol. The van der Waals surface area contributed by atoms with Gasteiger partial charge >= 0.3 is 16.1 Å². The third-order valence-electron chi connectivity index (χ3n) is 3.70. The first kappa shape index (κ1) is 21.3. The lowest BCUT2D eigenvalue weighted by molar-refractivity contribution is -0.132. The predicted octanol–water partition coefficient (Wildman–Crippen LogP) is 2.43. The van der Waals surface area contributed by atoms with Crippen LogP contribution < -0.4 is 14.8 Å². The standard InChI is InChI=1S/C18H23NO6S2/c1-4-26-8-7-19-12-18(20)25-27(21,22)15-6-5-13-10-16(23-2)17(24-3)11-14(13)9-15/h5-6,9-11,19H,4,7-8,12H2,1-3H3. The van der Waals surface area contributed by atoms with Crippen LogP contribution in [0.3, 0.4) is 0 Å². The van der Waals surface area contributed by atoms with Crippen LogP contribution in [0.25, 0.3) is 10.8 Å². The van der Waals surface area contributed by atoms with Crippen molar-refractivity contribution in [3.8, 4) is 11.5 Å². The number of nitrogens with one attached hydrogen (secondary N) is 1. The van der Waals surface area contributed by atoms with Crippen LogP contribution in [-0.2, 0) is 19.1 Å². The molecule has 7 nitrogen and oxygen atoms in total. The molecule has 0 spiro atoms. The molecule has 0 aliphatic heterocycles. The van der Waals surface area contributed by atoms with E-state index in [1.165, 1.54) is 26.4 Å². The van der Waals surface area contributed by atoms with Gasteiger partial charge in [0.15, 0.2) is 11.5 Å². The number of rotatable bonds is 10. The van der Waals surface area contributed by atoms with Crippen LogP contribution in [0.15, 0.2) is 35.2 Å². The molecule has 0 fully saturated rings. The minimum Gasteiger partial charge on any atom is -0.493 e. The summed E-state index contributed by atoms with van der Waals surface area (Å²) in [6.45, 7) is 2.48. The number of methoxy groups -OCH3 is 2. The summed E-state index contributed by atoms with van der Waals surface area (Å²) in [5.41, 5.74) is 0. The molecule has 1 N–H and O–H groups in total. The van der Waals surface area contributed by atoms with Gasteiger partial charge in [-0.05, 0) is 40.8 Å². The number of fused-ring (bicyclic) bond motifs is 1. The lowest BCUT2D eigenvalue weighted by Crippen LogP contribution is -2.28. The molecule has 2 aromatic carbocycles. The van der Waals surface area contributed by atoms with Crippen molar-refractivity contribution >= 4 is 38.6 Å². The molecule has 0 saturated carbocycles. The van der Waals surface area contributed by atoms with Gasteiger partial charge in [-0.2, -0.15) is 20.2 Å². The smallest absolute Gasteiger partial charge is 0.341 e. The summed E-state index contributed by atoms with van der Waals surface area (Å²) in [5, 5.41) is 4.26. The molecule has 0 heterocycles. The summed E-state index contributed by atoms with van der Waals surface area (Å²) in [4.78, 5) is 11.7. The highest BCUT2D eigenvalue weighted by molar-refractivity contribution is 7.99. The summed E-state index contributed by atoms with van der Waals surface area (Å²) in [6.07, 6.45) is 0. The summed E-state index contributed by atoms with van der Waals surface area (Å²) in [5.74, 6) is 2.00. The molecular weight excluding hydrogens is 390 g/mol. The zero-order valence-corrected chi connectivity index (χ0v) is 17.1. The van der Waals surface area contributed by atoms with Crippen molar-refractivity contribution in [2.45, 2.75) is 11.8 Å². The van der Waals surface area contributed by atoms with Crippen LogP contribution >= 0.6 is 11.8 Å². The molecule has 0 aromatic heterocycles. The minimum absolute atomic E-state index is 0.0999. The molecule has 0 atom stereocenters. The van der Waals surface area contributed by atoms with E-state index in [1.54, 1.807) is 30.0 Å². The highest BCUT2D eigenvalue weighted by Gasteiger charge is 2.21. The van der Waals surface area contributed by atoms with Gasteiger partial charge in [0.1, 0.15) is 4.90 Å². The second kappa shape index (κ2) is 9.82. The number of benzene rings is 2. The Morgan fingerprint density at radius 3 is 2.37 bits per heavy atom. The number of thioether (sulfide) groups is 1. The van der Waals surface area contributed by atoms with Crippen LogP contribution in [0.4, 0.5) is 0 Å². The molecule has 0 amide bonds. The fraction of sp³-hybridized carbons (Fsp3) is 0.389.